The van der Waals surface area contributed by atoms with Crippen LogP contribution in [0.3, 0.4) is 0 Å². The van der Waals surface area contributed by atoms with Gasteiger partial charge in [-0.25, -0.2) is 0 Å². The molecule has 154 valence electrons. The summed E-state index contributed by atoms with van der Waals surface area (Å²) >= 11 is 1.37. The minimum Gasteiger partial charge on any atom is -0.507 e. The lowest BCUT2D eigenvalue weighted by Crippen LogP contribution is -2.22. The van der Waals surface area contributed by atoms with Crippen molar-refractivity contribution in [2.24, 2.45) is 4.99 Å². The van der Waals surface area contributed by atoms with Gasteiger partial charge in [0.2, 0.25) is 0 Å². The molecule has 1 aromatic rings. The molecule has 2 N–H and O–H groups in total. The van der Waals surface area contributed by atoms with Gasteiger partial charge < -0.3 is 15.3 Å². The van der Waals surface area contributed by atoms with Gasteiger partial charge in [-0.1, -0.05) is 41.5 Å². The highest BCUT2D eigenvalue weighted by molar-refractivity contribution is 8.18. The number of hydrogen-bond donors (Lipinski definition) is 2. The lowest BCUT2D eigenvalue weighted by atomic mass is 9.78. The van der Waals surface area contributed by atoms with Crippen molar-refractivity contribution in [3.05, 3.63) is 33.7 Å². The molecule has 2 rings (SSSR count). The number of benzene rings is 1. The molecule has 0 radical (unpaired) electrons. The maximum absolute atomic E-state index is 12.4. The van der Waals surface area contributed by atoms with Crippen LogP contribution >= 0.6 is 11.8 Å². The molecule has 1 fully saturated rings. The van der Waals surface area contributed by atoms with E-state index in [4.69, 9.17) is 0 Å². The quantitative estimate of drug-likeness (QED) is 0.743. The summed E-state index contributed by atoms with van der Waals surface area (Å²) < 4.78 is 0. The van der Waals surface area contributed by atoms with Crippen LogP contribution in [0.2, 0.25) is 0 Å². The average Bonchev–Trinajstić information content (AvgIpc) is 2.86. The highest BCUT2D eigenvalue weighted by Crippen LogP contribution is 2.40. The minimum absolute atomic E-state index is 0.128. The van der Waals surface area contributed by atoms with E-state index >= 15 is 0 Å². The van der Waals surface area contributed by atoms with Gasteiger partial charge >= 0.3 is 0 Å². The molecule has 6 heteroatoms. The molecular weight excluding hydrogens is 370 g/mol. The van der Waals surface area contributed by atoms with Crippen molar-refractivity contribution in [3.63, 3.8) is 0 Å². The number of nitrogens with one attached hydrogen (secondary N) is 1. The van der Waals surface area contributed by atoms with Gasteiger partial charge in [0.05, 0.1) is 11.4 Å². The fourth-order valence-corrected chi connectivity index (χ4v) is 3.73. The molecular formula is C22H33N3O2S. The van der Waals surface area contributed by atoms with Gasteiger partial charge in [0.1, 0.15) is 5.75 Å². The molecule has 0 bridgehead atoms. The third-order valence-electron chi connectivity index (χ3n) is 4.50. The summed E-state index contributed by atoms with van der Waals surface area (Å²) in [6, 6.07) is 3.96. The topological polar surface area (TPSA) is 64.9 Å². The number of aliphatic imine (C=N–C) groups is 1. The molecule has 1 aromatic carbocycles. The zero-order valence-electron chi connectivity index (χ0n) is 18.3. The number of carbonyl (C=O) groups excluding carboxylic acids is 1. The van der Waals surface area contributed by atoms with Gasteiger partial charge in [-0.2, -0.15) is 0 Å². The number of amidine groups is 1. The molecule has 28 heavy (non-hydrogen) atoms. The predicted molar refractivity (Wildman–Crippen MR) is 120 cm³/mol. The van der Waals surface area contributed by atoms with E-state index in [0.717, 1.165) is 23.2 Å². The Kier molecular flexibility index (Phi) is 6.66. The van der Waals surface area contributed by atoms with E-state index in [1.54, 1.807) is 0 Å². The Morgan fingerprint density at radius 3 is 2.11 bits per heavy atom. The number of phenolic OH excluding ortho intramolecular Hbond substituents is 1. The van der Waals surface area contributed by atoms with Gasteiger partial charge in [-0.3, -0.25) is 9.79 Å². The van der Waals surface area contributed by atoms with E-state index < -0.39 is 0 Å². The third kappa shape index (κ3) is 5.61. The number of likely N-dealkylation sites (N-methyl/N-ethyl adjacent to an activating group) is 1. The van der Waals surface area contributed by atoms with Crippen LogP contribution in [0.1, 0.15) is 58.2 Å². The molecule has 0 aromatic heterocycles. The van der Waals surface area contributed by atoms with Crippen molar-refractivity contribution in [1.82, 2.24) is 10.2 Å². The van der Waals surface area contributed by atoms with Crippen LogP contribution in [-0.4, -0.2) is 48.3 Å². The first-order chi connectivity index (χ1) is 12.8. The highest BCUT2D eigenvalue weighted by atomic mass is 32.2. The Balaban J connectivity index is 2.41. The first-order valence-corrected chi connectivity index (χ1v) is 10.4. The number of nitrogens with zero attached hydrogens (tertiary/aromatic N) is 2. The zero-order valence-corrected chi connectivity index (χ0v) is 19.1. The van der Waals surface area contributed by atoms with Crippen molar-refractivity contribution < 1.29 is 9.90 Å². The minimum atomic E-state index is -0.206. The number of aromatic hydroxyl groups is 1. The summed E-state index contributed by atoms with van der Waals surface area (Å²) in [7, 11) is 3.99. The largest absolute Gasteiger partial charge is 0.507 e. The van der Waals surface area contributed by atoms with Crippen LogP contribution in [0.25, 0.3) is 6.08 Å². The van der Waals surface area contributed by atoms with Crippen molar-refractivity contribution in [3.8, 4) is 5.75 Å². The molecule has 5 nitrogen and oxygen atoms in total. The van der Waals surface area contributed by atoms with Crippen LogP contribution in [0, 0.1) is 0 Å². The smallest absolute Gasteiger partial charge is 0.264 e. The molecule has 1 amide bonds. The molecule has 1 heterocycles. The highest BCUT2D eigenvalue weighted by Gasteiger charge is 2.28. The van der Waals surface area contributed by atoms with Gasteiger partial charge in [-0.15, -0.1) is 0 Å². The van der Waals surface area contributed by atoms with E-state index in [1.165, 1.54) is 11.8 Å². The molecule has 0 saturated carbocycles. The predicted octanol–water partition coefficient (Wildman–Crippen LogP) is 4.11. The molecule has 0 aliphatic carbocycles. The summed E-state index contributed by atoms with van der Waals surface area (Å²) in [5.41, 5.74) is 2.27. The molecule has 0 unspecified atom stereocenters. The molecule has 0 spiro atoms. The van der Waals surface area contributed by atoms with Crippen LogP contribution in [-0.2, 0) is 15.6 Å². The Labute approximate surface area is 173 Å². The average molecular weight is 404 g/mol. The number of hydrogen-bond acceptors (Lipinski definition) is 5. The summed E-state index contributed by atoms with van der Waals surface area (Å²) in [4.78, 5) is 19.5. The van der Waals surface area contributed by atoms with E-state index in [0.29, 0.717) is 22.4 Å². The summed E-state index contributed by atoms with van der Waals surface area (Å²) in [5.74, 6) is 0.216. The zero-order chi connectivity index (χ0) is 21.3. The lowest BCUT2D eigenvalue weighted by molar-refractivity contribution is -0.115. The standard InChI is InChI=1S/C22H33N3O2S/c1-21(2,3)15-11-14(12-16(18(15)26)22(4,5)6)13-17-19(27)24-20(28-17)23-9-10-25(7)8/h11-13,26H,9-10H2,1-8H3,(H,23,24,27)/b17-13+. The van der Waals surface area contributed by atoms with Crippen molar-refractivity contribution in [2.45, 2.75) is 52.4 Å². The molecule has 0 atom stereocenters. The monoisotopic (exact) mass is 403 g/mol. The Hall–Kier alpha value is -1.79. The van der Waals surface area contributed by atoms with Gasteiger partial charge in [0, 0.05) is 17.7 Å². The molecule has 1 aliphatic heterocycles. The van der Waals surface area contributed by atoms with Crippen LogP contribution in [0.4, 0.5) is 0 Å². The Bertz CT molecular complexity index is 777. The maximum Gasteiger partial charge on any atom is 0.264 e. The van der Waals surface area contributed by atoms with Gasteiger partial charge in [0.15, 0.2) is 5.17 Å². The normalized spacial score (nSPS) is 18.4. The number of phenols is 1. The Morgan fingerprint density at radius 2 is 1.64 bits per heavy atom. The number of thioether (sulfide) groups is 1. The lowest BCUT2D eigenvalue weighted by Gasteiger charge is -2.28. The van der Waals surface area contributed by atoms with E-state index in [9.17, 15) is 9.90 Å². The summed E-state index contributed by atoms with van der Waals surface area (Å²) in [6.45, 7) is 14.0. The SMILES string of the molecule is CN(C)CCN=C1NC(=O)/C(=C\c2cc(C(C)(C)C)c(O)c(C(C)(C)C)c2)S1. The fraction of sp³-hybridized carbons (Fsp3) is 0.545. The van der Waals surface area contributed by atoms with Gasteiger partial charge in [0.25, 0.3) is 5.91 Å². The maximum atomic E-state index is 12.4. The Morgan fingerprint density at radius 1 is 1.11 bits per heavy atom. The van der Waals surface area contributed by atoms with Crippen LogP contribution < -0.4 is 5.32 Å². The first kappa shape index (κ1) is 22.5. The number of amides is 1. The van der Waals surface area contributed by atoms with Crippen molar-refractivity contribution in [1.29, 1.82) is 0 Å². The van der Waals surface area contributed by atoms with Crippen molar-refractivity contribution >= 4 is 28.9 Å². The van der Waals surface area contributed by atoms with Crippen LogP contribution in [0.5, 0.6) is 5.75 Å². The second-order valence-corrected chi connectivity index (χ2v) is 10.6. The second-order valence-electron chi connectivity index (χ2n) is 9.52. The summed E-state index contributed by atoms with van der Waals surface area (Å²) in [6.07, 6.45) is 1.89. The number of rotatable bonds is 4. The van der Waals surface area contributed by atoms with E-state index in [-0.39, 0.29) is 16.7 Å². The fourth-order valence-electron chi connectivity index (χ4n) is 2.89. The number of carbonyl (C=O) groups is 1. The van der Waals surface area contributed by atoms with Crippen molar-refractivity contribution in [2.75, 3.05) is 27.2 Å². The van der Waals surface area contributed by atoms with Gasteiger partial charge in [-0.05, 0) is 60.5 Å². The van der Waals surface area contributed by atoms with Crippen LogP contribution in [0.15, 0.2) is 22.0 Å². The molecule has 1 aliphatic rings. The summed E-state index contributed by atoms with van der Waals surface area (Å²) in [5, 5.41) is 14.3. The third-order valence-corrected chi connectivity index (χ3v) is 5.45. The second kappa shape index (κ2) is 8.29. The first-order valence-electron chi connectivity index (χ1n) is 9.57. The molecule has 1 saturated heterocycles. The van der Waals surface area contributed by atoms with E-state index in [2.05, 4.69) is 56.8 Å². The van der Waals surface area contributed by atoms with E-state index in [1.807, 2.05) is 32.3 Å².